The van der Waals surface area contributed by atoms with Crippen molar-refractivity contribution in [3.63, 3.8) is 0 Å². The van der Waals surface area contributed by atoms with E-state index in [1.807, 2.05) is 37.4 Å². The van der Waals surface area contributed by atoms with E-state index in [1.54, 1.807) is 23.3 Å². The lowest BCUT2D eigenvalue weighted by molar-refractivity contribution is 0.0950. The highest BCUT2D eigenvalue weighted by atomic mass is 32.1. The van der Waals surface area contributed by atoms with Gasteiger partial charge in [-0.05, 0) is 18.2 Å². The number of hydrogen-bond donors (Lipinski definition) is 1. The largest absolute Gasteiger partial charge is 0.344 e. The Morgan fingerprint density at radius 1 is 1.24 bits per heavy atom. The zero-order valence-corrected chi connectivity index (χ0v) is 14.2. The number of hydrogen-bond acceptors (Lipinski definition) is 6. The summed E-state index contributed by atoms with van der Waals surface area (Å²) in [5.41, 5.74) is 3.12. The molecule has 3 aromatic heterocycles. The van der Waals surface area contributed by atoms with E-state index in [4.69, 9.17) is 0 Å². The third-order valence-electron chi connectivity index (χ3n) is 3.72. The van der Waals surface area contributed by atoms with E-state index in [0.717, 1.165) is 21.6 Å². The van der Waals surface area contributed by atoms with E-state index in [-0.39, 0.29) is 5.91 Å². The number of para-hydroxylation sites is 1. The van der Waals surface area contributed by atoms with Gasteiger partial charge in [-0.15, -0.1) is 11.3 Å². The average Bonchev–Trinajstić information content (AvgIpc) is 3.24. The molecule has 1 N–H and O–H groups in total. The van der Waals surface area contributed by atoms with E-state index in [1.165, 1.54) is 11.3 Å². The van der Waals surface area contributed by atoms with E-state index < -0.39 is 0 Å². The zero-order chi connectivity index (χ0) is 17.2. The maximum Gasteiger partial charge on any atom is 0.280 e. The Bertz CT molecular complexity index is 1010. The Morgan fingerprint density at radius 2 is 2.12 bits per heavy atom. The van der Waals surface area contributed by atoms with Crippen molar-refractivity contribution in [1.82, 2.24) is 30.0 Å². The van der Waals surface area contributed by atoms with Crippen molar-refractivity contribution < 1.29 is 4.79 Å². The topological polar surface area (TPSA) is 85.6 Å². The van der Waals surface area contributed by atoms with Gasteiger partial charge in [-0.25, -0.2) is 4.98 Å². The van der Waals surface area contributed by atoms with Crippen LogP contribution in [0.15, 0.2) is 48.9 Å². The van der Waals surface area contributed by atoms with Crippen molar-refractivity contribution in [2.75, 3.05) is 0 Å². The van der Waals surface area contributed by atoms with Crippen LogP contribution in [0.3, 0.4) is 0 Å². The van der Waals surface area contributed by atoms with E-state index in [0.29, 0.717) is 17.2 Å². The fraction of sp³-hybridized carbons (Fsp3) is 0.118. The zero-order valence-electron chi connectivity index (χ0n) is 13.4. The van der Waals surface area contributed by atoms with Gasteiger partial charge in [-0.1, -0.05) is 12.1 Å². The fourth-order valence-corrected chi connectivity index (χ4v) is 3.33. The third kappa shape index (κ3) is 3.11. The summed E-state index contributed by atoms with van der Waals surface area (Å²) in [4.78, 5) is 25.0. The summed E-state index contributed by atoms with van der Waals surface area (Å²) in [6.07, 6.45) is 4.90. The fourth-order valence-electron chi connectivity index (χ4n) is 2.44. The molecule has 0 bridgehead atoms. The lowest BCUT2D eigenvalue weighted by Gasteiger charge is -2.02. The van der Waals surface area contributed by atoms with Crippen LogP contribution < -0.4 is 5.32 Å². The van der Waals surface area contributed by atoms with Crippen LogP contribution in [0.25, 0.3) is 21.6 Å². The Labute approximate surface area is 147 Å². The molecule has 25 heavy (non-hydrogen) atoms. The number of fused-ring (bicyclic) bond motifs is 1. The van der Waals surface area contributed by atoms with E-state index in [2.05, 4.69) is 25.4 Å². The Morgan fingerprint density at radius 3 is 2.92 bits per heavy atom. The molecule has 0 spiro atoms. The number of benzene rings is 1. The van der Waals surface area contributed by atoms with Crippen molar-refractivity contribution in [3.8, 4) is 11.4 Å². The summed E-state index contributed by atoms with van der Waals surface area (Å²) in [5, 5.41) is 7.77. The molecule has 0 fully saturated rings. The van der Waals surface area contributed by atoms with Gasteiger partial charge in [0.1, 0.15) is 11.4 Å². The molecule has 3 heterocycles. The number of rotatable bonds is 4. The van der Waals surface area contributed by atoms with E-state index >= 15 is 0 Å². The number of amides is 1. The maximum absolute atomic E-state index is 12.4. The first-order chi connectivity index (χ1) is 12.2. The molecule has 1 amide bonds. The standard InChI is InChI=1S/C17H14N6OS/c1-23-11(8-13(22-23)14-10-18-6-7-19-14)9-20-16(24)17-21-12-4-2-3-5-15(12)25-17/h2-8,10H,9H2,1H3,(H,20,24). The van der Waals surface area contributed by atoms with Crippen LogP contribution in [0, 0.1) is 0 Å². The second kappa shape index (κ2) is 6.40. The lowest BCUT2D eigenvalue weighted by Crippen LogP contribution is -2.23. The normalized spacial score (nSPS) is 10.9. The van der Waals surface area contributed by atoms with Crippen molar-refractivity contribution in [3.05, 3.63) is 59.6 Å². The summed E-state index contributed by atoms with van der Waals surface area (Å²) < 4.78 is 2.72. The molecular formula is C17H14N6OS. The SMILES string of the molecule is Cn1nc(-c2cnccn2)cc1CNC(=O)c1nc2ccccc2s1. The summed E-state index contributed by atoms with van der Waals surface area (Å²) in [5.74, 6) is -0.191. The number of nitrogens with one attached hydrogen (secondary N) is 1. The molecule has 124 valence electrons. The Hall–Kier alpha value is -3.13. The second-order valence-electron chi connectivity index (χ2n) is 5.40. The highest BCUT2D eigenvalue weighted by Gasteiger charge is 2.14. The van der Waals surface area contributed by atoms with Crippen LogP contribution in [0.4, 0.5) is 0 Å². The Kier molecular flexibility index (Phi) is 3.95. The molecule has 0 aliphatic rings. The Balaban J connectivity index is 1.49. The molecule has 0 saturated heterocycles. The van der Waals surface area contributed by atoms with Crippen LogP contribution in [0.2, 0.25) is 0 Å². The van der Waals surface area contributed by atoms with Gasteiger partial charge in [0.25, 0.3) is 5.91 Å². The predicted octanol–water partition coefficient (Wildman–Crippen LogP) is 2.42. The average molecular weight is 350 g/mol. The van der Waals surface area contributed by atoms with Crippen LogP contribution in [-0.4, -0.2) is 30.6 Å². The molecule has 0 radical (unpaired) electrons. The number of carbonyl (C=O) groups excluding carboxylic acids is 1. The molecule has 1 aromatic carbocycles. The van der Waals surface area contributed by atoms with Gasteiger partial charge in [-0.3, -0.25) is 19.4 Å². The number of carbonyl (C=O) groups is 1. The number of nitrogens with zero attached hydrogens (tertiary/aromatic N) is 5. The van der Waals surface area contributed by atoms with Crippen molar-refractivity contribution in [2.24, 2.45) is 7.05 Å². The van der Waals surface area contributed by atoms with Crippen molar-refractivity contribution in [2.45, 2.75) is 6.54 Å². The molecule has 0 saturated carbocycles. The minimum atomic E-state index is -0.191. The number of aryl methyl sites for hydroxylation is 1. The minimum absolute atomic E-state index is 0.191. The first-order valence-electron chi connectivity index (χ1n) is 7.64. The van der Waals surface area contributed by atoms with Crippen LogP contribution in [0.5, 0.6) is 0 Å². The third-order valence-corrected chi connectivity index (χ3v) is 4.76. The quantitative estimate of drug-likeness (QED) is 0.611. The van der Waals surface area contributed by atoms with Crippen molar-refractivity contribution in [1.29, 1.82) is 0 Å². The van der Waals surface area contributed by atoms with Gasteiger partial charge in [0.15, 0.2) is 5.01 Å². The highest BCUT2D eigenvalue weighted by molar-refractivity contribution is 7.20. The van der Waals surface area contributed by atoms with Gasteiger partial charge in [-0.2, -0.15) is 5.10 Å². The highest BCUT2D eigenvalue weighted by Crippen LogP contribution is 2.21. The number of thiazole rings is 1. The molecule has 0 aliphatic carbocycles. The molecule has 0 unspecified atom stereocenters. The van der Waals surface area contributed by atoms with Crippen LogP contribution in [-0.2, 0) is 13.6 Å². The minimum Gasteiger partial charge on any atom is -0.344 e. The van der Waals surface area contributed by atoms with Gasteiger partial charge in [0, 0.05) is 19.4 Å². The van der Waals surface area contributed by atoms with Crippen LogP contribution >= 0.6 is 11.3 Å². The smallest absolute Gasteiger partial charge is 0.280 e. The van der Waals surface area contributed by atoms with Gasteiger partial charge < -0.3 is 5.32 Å². The molecule has 4 rings (SSSR count). The number of aromatic nitrogens is 5. The monoisotopic (exact) mass is 350 g/mol. The summed E-state index contributed by atoms with van der Waals surface area (Å²) in [7, 11) is 1.83. The van der Waals surface area contributed by atoms with Crippen molar-refractivity contribution >= 4 is 27.5 Å². The molecule has 8 heteroatoms. The molecular weight excluding hydrogens is 336 g/mol. The van der Waals surface area contributed by atoms with Crippen LogP contribution in [0.1, 0.15) is 15.5 Å². The molecule has 0 aliphatic heterocycles. The van der Waals surface area contributed by atoms with Gasteiger partial charge in [0.05, 0.1) is 28.7 Å². The molecule has 7 nitrogen and oxygen atoms in total. The summed E-state index contributed by atoms with van der Waals surface area (Å²) in [6, 6.07) is 9.59. The van der Waals surface area contributed by atoms with Gasteiger partial charge in [0.2, 0.25) is 0 Å². The van der Waals surface area contributed by atoms with Gasteiger partial charge >= 0.3 is 0 Å². The summed E-state index contributed by atoms with van der Waals surface area (Å²) in [6.45, 7) is 0.360. The summed E-state index contributed by atoms with van der Waals surface area (Å²) >= 11 is 1.38. The maximum atomic E-state index is 12.4. The first kappa shape index (κ1) is 15.4. The predicted molar refractivity (Wildman–Crippen MR) is 95.0 cm³/mol. The molecule has 0 atom stereocenters. The van der Waals surface area contributed by atoms with E-state index in [9.17, 15) is 4.79 Å². The first-order valence-corrected chi connectivity index (χ1v) is 8.45. The second-order valence-corrected chi connectivity index (χ2v) is 6.44. The molecule has 4 aromatic rings. The lowest BCUT2D eigenvalue weighted by atomic mass is 10.3.